The highest BCUT2D eigenvalue weighted by Gasteiger charge is 2.13. The average molecular weight is 344 g/mol. The standard InChI is InChI=1S/C16H19Cl2NO3/c1-3-21-16(20)12-7-8-15(18)14(10-12)13(6-5-9-17)11-19-22-4-2/h7-8,10H,3-6,9H2,1-2H3. The predicted octanol–water partition coefficient (Wildman–Crippen LogP) is 4.54. The van der Waals surface area contributed by atoms with Crippen LogP contribution in [0.4, 0.5) is 0 Å². The number of benzene rings is 1. The van der Waals surface area contributed by atoms with Crippen molar-refractivity contribution in [2.24, 2.45) is 5.16 Å². The molecule has 0 N–H and O–H groups in total. The molecule has 0 spiro atoms. The minimum atomic E-state index is -0.390. The Morgan fingerprint density at radius 1 is 1.32 bits per heavy atom. The Hall–Kier alpha value is -1.48. The van der Waals surface area contributed by atoms with Crippen LogP contribution in [0, 0.1) is 0 Å². The minimum Gasteiger partial charge on any atom is -0.462 e. The fourth-order valence-electron chi connectivity index (χ4n) is 1.74. The Kier molecular flexibility index (Phi) is 8.68. The van der Waals surface area contributed by atoms with Gasteiger partial charge in [-0.15, -0.1) is 11.6 Å². The van der Waals surface area contributed by atoms with Gasteiger partial charge in [0.05, 0.1) is 12.2 Å². The number of carbonyl (C=O) groups excluding carboxylic acids is 1. The lowest BCUT2D eigenvalue weighted by Crippen LogP contribution is -2.05. The van der Waals surface area contributed by atoms with Gasteiger partial charge < -0.3 is 9.57 Å². The summed E-state index contributed by atoms with van der Waals surface area (Å²) in [6, 6.07) is 4.97. The van der Waals surface area contributed by atoms with Gasteiger partial charge >= 0.3 is 5.97 Å². The van der Waals surface area contributed by atoms with Crippen molar-refractivity contribution >= 4 is 40.6 Å². The van der Waals surface area contributed by atoms with E-state index in [-0.39, 0.29) is 5.97 Å². The molecule has 0 aliphatic heterocycles. The smallest absolute Gasteiger partial charge is 0.338 e. The number of ether oxygens (including phenoxy) is 1. The summed E-state index contributed by atoms with van der Waals surface area (Å²) in [4.78, 5) is 16.8. The number of nitrogens with zero attached hydrogens (tertiary/aromatic N) is 1. The van der Waals surface area contributed by atoms with Gasteiger partial charge in [-0.25, -0.2) is 4.79 Å². The highest BCUT2D eigenvalue weighted by molar-refractivity contribution is 6.33. The third kappa shape index (κ3) is 5.72. The molecular formula is C16H19Cl2NO3. The minimum absolute atomic E-state index is 0.317. The van der Waals surface area contributed by atoms with E-state index in [4.69, 9.17) is 32.8 Å². The van der Waals surface area contributed by atoms with Gasteiger partial charge in [-0.05, 0) is 50.0 Å². The SMILES string of the molecule is CCON=C=C(CCCCl)c1cc(C(=O)OCC)ccc1Cl. The first-order chi connectivity index (χ1) is 10.6. The van der Waals surface area contributed by atoms with E-state index >= 15 is 0 Å². The summed E-state index contributed by atoms with van der Waals surface area (Å²) >= 11 is 12.0. The second-order valence-electron chi connectivity index (χ2n) is 4.31. The number of hydrogen-bond donors (Lipinski definition) is 0. The third-order valence-corrected chi connectivity index (χ3v) is 3.33. The van der Waals surface area contributed by atoms with Crippen molar-refractivity contribution in [1.29, 1.82) is 0 Å². The maximum absolute atomic E-state index is 11.8. The Morgan fingerprint density at radius 3 is 2.73 bits per heavy atom. The molecule has 0 aromatic heterocycles. The quantitative estimate of drug-likeness (QED) is 0.301. The molecule has 6 heteroatoms. The number of allylic oxidation sites excluding steroid dienone is 1. The molecule has 0 heterocycles. The summed E-state index contributed by atoms with van der Waals surface area (Å²) in [5, 5.41) is 4.28. The molecule has 120 valence electrons. The third-order valence-electron chi connectivity index (χ3n) is 2.74. The summed E-state index contributed by atoms with van der Waals surface area (Å²) in [5.41, 5.74) is 1.86. The topological polar surface area (TPSA) is 47.9 Å². The molecule has 1 rings (SSSR count). The monoisotopic (exact) mass is 343 g/mol. The maximum Gasteiger partial charge on any atom is 0.338 e. The summed E-state index contributed by atoms with van der Waals surface area (Å²) in [7, 11) is 0. The van der Waals surface area contributed by atoms with E-state index in [1.165, 1.54) is 0 Å². The summed E-state index contributed by atoms with van der Waals surface area (Å²) in [5.74, 6) is 2.95. The number of alkyl halides is 1. The van der Waals surface area contributed by atoms with Crippen LogP contribution in [0.2, 0.25) is 5.02 Å². The van der Waals surface area contributed by atoms with Gasteiger partial charge in [0.25, 0.3) is 0 Å². The lowest BCUT2D eigenvalue weighted by molar-refractivity contribution is 0.0526. The number of carbonyl (C=O) groups is 1. The van der Waals surface area contributed by atoms with Gasteiger partial charge in [0.15, 0.2) is 0 Å². The van der Waals surface area contributed by atoms with Gasteiger partial charge in [0.1, 0.15) is 6.61 Å². The van der Waals surface area contributed by atoms with Crippen LogP contribution in [0.1, 0.15) is 42.6 Å². The summed E-state index contributed by atoms with van der Waals surface area (Å²) in [6.07, 6.45) is 1.37. The van der Waals surface area contributed by atoms with E-state index in [0.29, 0.717) is 41.7 Å². The molecule has 0 amide bonds. The van der Waals surface area contributed by atoms with E-state index in [2.05, 4.69) is 11.0 Å². The van der Waals surface area contributed by atoms with Crippen molar-refractivity contribution in [1.82, 2.24) is 0 Å². The first-order valence-corrected chi connectivity index (χ1v) is 8.02. The molecule has 1 aromatic carbocycles. The largest absolute Gasteiger partial charge is 0.462 e. The van der Waals surface area contributed by atoms with Crippen LogP contribution in [-0.2, 0) is 9.57 Å². The molecule has 0 saturated carbocycles. The molecule has 22 heavy (non-hydrogen) atoms. The summed E-state index contributed by atoms with van der Waals surface area (Å²) in [6.45, 7) is 4.36. The van der Waals surface area contributed by atoms with Crippen molar-refractivity contribution < 1.29 is 14.4 Å². The maximum atomic E-state index is 11.8. The second-order valence-corrected chi connectivity index (χ2v) is 5.09. The highest BCUT2D eigenvalue weighted by atomic mass is 35.5. The van der Waals surface area contributed by atoms with E-state index in [0.717, 1.165) is 12.0 Å². The van der Waals surface area contributed by atoms with Crippen molar-refractivity contribution in [2.75, 3.05) is 19.1 Å². The number of rotatable bonds is 8. The van der Waals surface area contributed by atoms with Crippen LogP contribution >= 0.6 is 23.2 Å². The Balaban J connectivity index is 3.19. The molecule has 0 radical (unpaired) electrons. The normalized spacial score (nSPS) is 9.82. The van der Waals surface area contributed by atoms with E-state index in [1.807, 2.05) is 6.92 Å². The van der Waals surface area contributed by atoms with Gasteiger partial charge in [0, 0.05) is 27.9 Å². The second kappa shape index (κ2) is 10.3. The van der Waals surface area contributed by atoms with Crippen LogP contribution in [0.5, 0.6) is 0 Å². The molecule has 1 aromatic rings. The van der Waals surface area contributed by atoms with E-state index in [1.54, 1.807) is 25.1 Å². The van der Waals surface area contributed by atoms with Crippen LogP contribution in [0.3, 0.4) is 0 Å². The first-order valence-electron chi connectivity index (χ1n) is 7.10. The molecule has 0 saturated heterocycles. The zero-order valence-corrected chi connectivity index (χ0v) is 14.2. The zero-order valence-electron chi connectivity index (χ0n) is 12.7. The molecule has 0 atom stereocenters. The fourth-order valence-corrected chi connectivity index (χ4v) is 2.11. The van der Waals surface area contributed by atoms with Gasteiger partial charge in [-0.2, -0.15) is 0 Å². The van der Waals surface area contributed by atoms with Crippen molar-refractivity contribution in [3.63, 3.8) is 0 Å². The molecule has 0 unspecified atom stereocenters. The summed E-state index contributed by atoms with van der Waals surface area (Å²) < 4.78 is 5.00. The highest BCUT2D eigenvalue weighted by Crippen LogP contribution is 2.27. The average Bonchev–Trinajstić information content (AvgIpc) is 2.51. The molecule has 0 aliphatic rings. The van der Waals surface area contributed by atoms with Crippen molar-refractivity contribution in [3.8, 4) is 0 Å². The lowest BCUT2D eigenvalue weighted by atomic mass is 10.0. The van der Waals surface area contributed by atoms with Crippen LogP contribution in [0.15, 0.2) is 23.4 Å². The van der Waals surface area contributed by atoms with Gasteiger partial charge in [0.2, 0.25) is 0 Å². The van der Waals surface area contributed by atoms with Gasteiger partial charge in [-0.3, -0.25) is 0 Å². The number of hydrogen-bond acceptors (Lipinski definition) is 4. The fraction of sp³-hybridized carbons (Fsp3) is 0.438. The van der Waals surface area contributed by atoms with Crippen molar-refractivity contribution in [2.45, 2.75) is 26.7 Å². The first kappa shape index (κ1) is 18.6. The molecule has 4 nitrogen and oxygen atoms in total. The molecule has 0 bridgehead atoms. The zero-order chi connectivity index (χ0) is 16.4. The van der Waals surface area contributed by atoms with Crippen LogP contribution < -0.4 is 0 Å². The van der Waals surface area contributed by atoms with Crippen LogP contribution in [0.25, 0.3) is 5.57 Å². The van der Waals surface area contributed by atoms with Crippen LogP contribution in [-0.4, -0.2) is 30.9 Å². The number of esters is 1. The molecular weight excluding hydrogens is 325 g/mol. The Labute approximate surface area is 140 Å². The Morgan fingerprint density at radius 2 is 2.09 bits per heavy atom. The lowest BCUT2D eigenvalue weighted by Gasteiger charge is -2.09. The molecule has 0 fully saturated rings. The molecule has 0 aliphatic carbocycles. The van der Waals surface area contributed by atoms with Crippen molar-refractivity contribution in [3.05, 3.63) is 34.3 Å². The van der Waals surface area contributed by atoms with Gasteiger partial charge in [-0.1, -0.05) is 11.6 Å². The Bertz CT molecular complexity index is 567. The predicted molar refractivity (Wildman–Crippen MR) is 89.8 cm³/mol. The number of halogens is 2. The van der Waals surface area contributed by atoms with E-state index in [9.17, 15) is 4.79 Å². The van der Waals surface area contributed by atoms with E-state index < -0.39 is 0 Å².